The first-order chi connectivity index (χ1) is 7.38. The molecule has 0 aromatic heterocycles. The largest absolute Gasteiger partial charge is 0.389 e. The van der Waals surface area contributed by atoms with Crippen LogP contribution in [0.4, 0.5) is 4.39 Å². The molecule has 1 atom stereocenters. The van der Waals surface area contributed by atoms with E-state index in [1.165, 1.54) is 6.07 Å². The van der Waals surface area contributed by atoms with Crippen molar-refractivity contribution in [2.24, 2.45) is 0 Å². The van der Waals surface area contributed by atoms with Crippen molar-refractivity contribution in [2.45, 2.75) is 38.8 Å². The van der Waals surface area contributed by atoms with Gasteiger partial charge in [-0.15, -0.1) is 0 Å². The van der Waals surface area contributed by atoms with E-state index < -0.39 is 5.60 Å². The van der Waals surface area contributed by atoms with Crippen LogP contribution in [0.1, 0.15) is 26.3 Å². The Bertz CT molecular complexity index is 333. The molecular weight excluding hydrogens is 205 g/mol. The van der Waals surface area contributed by atoms with Gasteiger partial charge in [-0.2, -0.15) is 0 Å². The fraction of sp³-hybridized carbons (Fsp3) is 0.538. The lowest BCUT2D eigenvalue weighted by Crippen LogP contribution is -2.40. The zero-order valence-electron chi connectivity index (χ0n) is 10.1. The zero-order chi connectivity index (χ0) is 12.2. The van der Waals surface area contributed by atoms with Gasteiger partial charge in [-0.25, -0.2) is 4.39 Å². The number of hydrogen-bond donors (Lipinski definition) is 2. The highest BCUT2D eigenvalue weighted by Crippen LogP contribution is 2.09. The van der Waals surface area contributed by atoms with E-state index in [1.54, 1.807) is 26.0 Å². The lowest BCUT2D eigenvalue weighted by atomic mass is 10.1. The second-order valence-electron chi connectivity index (χ2n) is 4.89. The summed E-state index contributed by atoms with van der Waals surface area (Å²) < 4.78 is 13.3. The summed E-state index contributed by atoms with van der Waals surface area (Å²) >= 11 is 0. The van der Waals surface area contributed by atoms with E-state index in [4.69, 9.17) is 0 Å². The summed E-state index contributed by atoms with van der Waals surface area (Å²) in [7, 11) is 0. The summed E-state index contributed by atoms with van der Waals surface area (Å²) in [5, 5.41) is 12.7. The van der Waals surface area contributed by atoms with Gasteiger partial charge in [0.05, 0.1) is 5.60 Å². The molecule has 1 aromatic rings. The van der Waals surface area contributed by atoms with Crippen molar-refractivity contribution < 1.29 is 9.50 Å². The summed E-state index contributed by atoms with van der Waals surface area (Å²) in [6, 6.07) is 6.92. The van der Waals surface area contributed by atoms with Gasteiger partial charge in [0.2, 0.25) is 0 Å². The van der Waals surface area contributed by atoms with Gasteiger partial charge in [-0.3, -0.25) is 0 Å². The Morgan fingerprint density at radius 1 is 1.38 bits per heavy atom. The highest BCUT2D eigenvalue weighted by molar-refractivity contribution is 5.18. The third-order valence-electron chi connectivity index (χ3n) is 2.37. The minimum Gasteiger partial charge on any atom is -0.389 e. The molecule has 0 heterocycles. The van der Waals surface area contributed by atoms with Crippen LogP contribution in [0, 0.1) is 5.82 Å². The first-order valence-corrected chi connectivity index (χ1v) is 5.57. The summed E-state index contributed by atoms with van der Waals surface area (Å²) in [6.07, 6.45) is 0.628. The van der Waals surface area contributed by atoms with E-state index in [1.807, 2.05) is 13.0 Å². The van der Waals surface area contributed by atoms with Crippen LogP contribution in [0.2, 0.25) is 0 Å². The molecular formula is C13H20FNO. The lowest BCUT2D eigenvalue weighted by molar-refractivity contribution is 0.0770. The SMILES string of the molecule is CC(Cc1ccccc1F)NCC(C)(C)O. The highest BCUT2D eigenvalue weighted by Gasteiger charge is 2.14. The van der Waals surface area contributed by atoms with Crippen LogP contribution >= 0.6 is 0 Å². The van der Waals surface area contributed by atoms with Crippen LogP contribution in [-0.2, 0) is 6.42 Å². The predicted molar refractivity (Wildman–Crippen MR) is 63.9 cm³/mol. The topological polar surface area (TPSA) is 32.3 Å². The average molecular weight is 225 g/mol. The van der Waals surface area contributed by atoms with Crippen molar-refractivity contribution in [1.82, 2.24) is 5.32 Å². The summed E-state index contributed by atoms with van der Waals surface area (Å²) in [5.41, 5.74) is -0.0259. The molecule has 2 N–H and O–H groups in total. The van der Waals surface area contributed by atoms with Crippen LogP contribution in [0.15, 0.2) is 24.3 Å². The third-order valence-corrected chi connectivity index (χ3v) is 2.37. The van der Waals surface area contributed by atoms with Crippen LogP contribution in [0.5, 0.6) is 0 Å². The first-order valence-electron chi connectivity index (χ1n) is 5.57. The maximum absolute atomic E-state index is 13.3. The molecule has 3 heteroatoms. The van der Waals surface area contributed by atoms with Gasteiger partial charge in [0.1, 0.15) is 5.82 Å². The molecule has 0 aliphatic rings. The molecule has 90 valence electrons. The van der Waals surface area contributed by atoms with Gasteiger partial charge in [-0.05, 0) is 38.8 Å². The minimum absolute atomic E-state index is 0.142. The molecule has 2 nitrogen and oxygen atoms in total. The number of hydrogen-bond acceptors (Lipinski definition) is 2. The van der Waals surface area contributed by atoms with Crippen molar-refractivity contribution in [3.05, 3.63) is 35.6 Å². The van der Waals surface area contributed by atoms with E-state index in [-0.39, 0.29) is 11.9 Å². The minimum atomic E-state index is -0.733. The van der Waals surface area contributed by atoms with Crippen LogP contribution in [0.25, 0.3) is 0 Å². The Labute approximate surface area is 96.5 Å². The Morgan fingerprint density at radius 3 is 2.56 bits per heavy atom. The molecule has 0 bridgehead atoms. The Kier molecular flexibility index (Phi) is 4.44. The van der Waals surface area contributed by atoms with Crippen LogP contribution < -0.4 is 5.32 Å². The Morgan fingerprint density at radius 2 is 2.00 bits per heavy atom. The van der Waals surface area contributed by atoms with Crippen molar-refractivity contribution in [2.75, 3.05) is 6.54 Å². The van der Waals surface area contributed by atoms with Gasteiger partial charge in [0.15, 0.2) is 0 Å². The molecule has 0 aliphatic carbocycles. The van der Waals surface area contributed by atoms with E-state index >= 15 is 0 Å². The number of aliphatic hydroxyl groups is 1. The molecule has 0 saturated heterocycles. The molecule has 0 saturated carbocycles. The second kappa shape index (κ2) is 5.41. The molecule has 16 heavy (non-hydrogen) atoms. The van der Waals surface area contributed by atoms with Gasteiger partial charge in [0.25, 0.3) is 0 Å². The third kappa shape index (κ3) is 4.73. The lowest BCUT2D eigenvalue weighted by Gasteiger charge is -2.21. The predicted octanol–water partition coefficient (Wildman–Crippen LogP) is 2.12. The van der Waals surface area contributed by atoms with Crippen molar-refractivity contribution in [3.63, 3.8) is 0 Å². The Balaban J connectivity index is 2.46. The van der Waals surface area contributed by atoms with Gasteiger partial charge < -0.3 is 10.4 Å². The second-order valence-corrected chi connectivity index (χ2v) is 4.89. The smallest absolute Gasteiger partial charge is 0.126 e. The monoisotopic (exact) mass is 225 g/mol. The maximum atomic E-state index is 13.3. The molecule has 1 rings (SSSR count). The summed E-state index contributed by atoms with van der Waals surface area (Å²) in [4.78, 5) is 0. The number of rotatable bonds is 5. The van der Waals surface area contributed by atoms with Gasteiger partial charge in [-0.1, -0.05) is 18.2 Å². The number of halogens is 1. The van der Waals surface area contributed by atoms with E-state index in [9.17, 15) is 9.50 Å². The molecule has 0 fully saturated rings. The fourth-order valence-corrected chi connectivity index (χ4v) is 1.49. The Hall–Kier alpha value is -0.930. The van der Waals surface area contributed by atoms with E-state index in [0.717, 1.165) is 0 Å². The molecule has 0 radical (unpaired) electrons. The number of nitrogens with one attached hydrogen (secondary N) is 1. The first kappa shape index (κ1) is 13.1. The molecule has 1 unspecified atom stereocenters. The van der Waals surface area contributed by atoms with E-state index in [2.05, 4.69) is 5.32 Å². The molecule has 1 aromatic carbocycles. The van der Waals surface area contributed by atoms with Crippen molar-refractivity contribution in [3.8, 4) is 0 Å². The zero-order valence-corrected chi connectivity index (χ0v) is 10.1. The fourth-order valence-electron chi connectivity index (χ4n) is 1.49. The normalized spacial score (nSPS) is 13.8. The standard InChI is InChI=1S/C13H20FNO/c1-10(15-9-13(2,3)16)8-11-6-4-5-7-12(11)14/h4-7,10,15-16H,8-9H2,1-3H3. The molecule has 0 spiro atoms. The van der Waals surface area contributed by atoms with Gasteiger partial charge >= 0.3 is 0 Å². The van der Waals surface area contributed by atoms with Crippen molar-refractivity contribution in [1.29, 1.82) is 0 Å². The van der Waals surface area contributed by atoms with E-state index in [0.29, 0.717) is 18.5 Å². The summed E-state index contributed by atoms with van der Waals surface area (Å²) in [6.45, 7) is 5.98. The average Bonchev–Trinajstić information content (AvgIpc) is 2.18. The summed E-state index contributed by atoms with van der Waals surface area (Å²) in [5.74, 6) is -0.167. The maximum Gasteiger partial charge on any atom is 0.126 e. The molecule has 0 aliphatic heterocycles. The van der Waals surface area contributed by atoms with Gasteiger partial charge in [0, 0.05) is 12.6 Å². The van der Waals surface area contributed by atoms with Crippen molar-refractivity contribution >= 4 is 0 Å². The van der Waals surface area contributed by atoms with Crippen LogP contribution in [-0.4, -0.2) is 23.3 Å². The quantitative estimate of drug-likeness (QED) is 0.804. The number of benzene rings is 1. The molecule has 0 amide bonds. The highest BCUT2D eigenvalue weighted by atomic mass is 19.1. The van der Waals surface area contributed by atoms with Crippen LogP contribution in [0.3, 0.4) is 0 Å².